The maximum Gasteiger partial charge on any atom is 0.0746 e. The fraction of sp³-hybridized carbons (Fsp3) is 0. The van der Waals surface area contributed by atoms with Gasteiger partial charge in [-0.05, 0) is 28.3 Å². The normalized spacial score (nSPS) is 11.6. The molecule has 0 bridgehead atoms. The number of hydrogen-bond acceptors (Lipinski definition) is 2. The predicted molar refractivity (Wildman–Crippen MR) is 75.8 cm³/mol. The number of oxime groups is 1. The zero-order chi connectivity index (χ0) is 12.5. The molecule has 0 saturated carbocycles. The third-order valence-electron chi connectivity index (χ3n) is 3.06. The van der Waals surface area contributed by atoms with E-state index in [0.29, 0.717) is 5.02 Å². The second-order valence-electron chi connectivity index (χ2n) is 4.09. The largest absolute Gasteiger partial charge is 0.411 e. The van der Waals surface area contributed by atoms with E-state index in [4.69, 9.17) is 16.8 Å². The molecule has 0 heterocycles. The van der Waals surface area contributed by atoms with Crippen molar-refractivity contribution < 1.29 is 5.21 Å². The van der Waals surface area contributed by atoms with Gasteiger partial charge in [0.05, 0.1) is 6.21 Å². The van der Waals surface area contributed by atoms with Crippen molar-refractivity contribution in [2.75, 3.05) is 0 Å². The molecule has 3 aromatic rings. The summed E-state index contributed by atoms with van der Waals surface area (Å²) in [5.41, 5.74) is 0.844. The summed E-state index contributed by atoms with van der Waals surface area (Å²) in [6, 6.07) is 15.8. The van der Waals surface area contributed by atoms with Crippen LogP contribution in [0.5, 0.6) is 0 Å². The van der Waals surface area contributed by atoms with E-state index < -0.39 is 0 Å². The van der Waals surface area contributed by atoms with Gasteiger partial charge in [0.1, 0.15) is 0 Å². The van der Waals surface area contributed by atoms with E-state index in [1.807, 2.05) is 42.5 Å². The van der Waals surface area contributed by atoms with Crippen LogP contribution in [0.2, 0.25) is 5.02 Å². The second-order valence-corrected chi connectivity index (χ2v) is 4.50. The Morgan fingerprint density at radius 1 is 1.00 bits per heavy atom. The van der Waals surface area contributed by atoms with Gasteiger partial charge in [-0.2, -0.15) is 0 Å². The molecule has 3 aromatic carbocycles. The van der Waals surface area contributed by atoms with Gasteiger partial charge in [0.25, 0.3) is 0 Å². The van der Waals surface area contributed by atoms with E-state index in [9.17, 15) is 0 Å². The summed E-state index contributed by atoms with van der Waals surface area (Å²) in [5, 5.41) is 16.8. The highest BCUT2D eigenvalue weighted by atomic mass is 35.5. The standard InChI is InChI=1S/C15H10ClNO/c16-14-7-3-5-11-8-10-4-1-2-6-12(10)13(9-17-18)15(11)14/h1-9,18H. The lowest BCUT2D eigenvalue weighted by molar-refractivity contribution is 0.322. The van der Waals surface area contributed by atoms with E-state index in [2.05, 4.69) is 11.2 Å². The van der Waals surface area contributed by atoms with E-state index in [0.717, 1.165) is 27.1 Å². The zero-order valence-corrected chi connectivity index (χ0v) is 10.2. The van der Waals surface area contributed by atoms with Crippen molar-refractivity contribution in [3.05, 3.63) is 59.1 Å². The van der Waals surface area contributed by atoms with E-state index >= 15 is 0 Å². The van der Waals surface area contributed by atoms with Crippen LogP contribution in [0.3, 0.4) is 0 Å². The topological polar surface area (TPSA) is 32.6 Å². The third kappa shape index (κ3) is 1.62. The Bertz CT molecular complexity index is 765. The molecule has 0 fully saturated rings. The number of rotatable bonds is 1. The van der Waals surface area contributed by atoms with Crippen LogP contribution in [0.1, 0.15) is 5.56 Å². The lowest BCUT2D eigenvalue weighted by Crippen LogP contribution is -1.89. The van der Waals surface area contributed by atoms with Crippen molar-refractivity contribution in [2.45, 2.75) is 0 Å². The molecule has 0 spiro atoms. The molecule has 0 aliphatic rings. The van der Waals surface area contributed by atoms with Gasteiger partial charge in [0.15, 0.2) is 0 Å². The molecule has 18 heavy (non-hydrogen) atoms. The maximum atomic E-state index is 8.86. The highest BCUT2D eigenvalue weighted by Gasteiger charge is 2.08. The summed E-state index contributed by atoms with van der Waals surface area (Å²) < 4.78 is 0. The molecule has 0 aliphatic heterocycles. The average molecular weight is 256 g/mol. The van der Waals surface area contributed by atoms with Crippen LogP contribution in [-0.4, -0.2) is 11.4 Å². The van der Waals surface area contributed by atoms with Crippen molar-refractivity contribution in [3.8, 4) is 0 Å². The summed E-state index contributed by atoms with van der Waals surface area (Å²) in [5.74, 6) is 0. The molecule has 3 rings (SSSR count). The summed E-state index contributed by atoms with van der Waals surface area (Å²) in [6.45, 7) is 0. The first-order valence-corrected chi connectivity index (χ1v) is 5.96. The lowest BCUT2D eigenvalue weighted by atomic mass is 9.97. The number of benzene rings is 3. The fourth-order valence-electron chi connectivity index (χ4n) is 2.31. The van der Waals surface area contributed by atoms with Crippen LogP contribution in [0, 0.1) is 0 Å². The molecule has 0 radical (unpaired) electrons. The molecular weight excluding hydrogens is 246 g/mol. The minimum atomic E-state index is 0.660. The number of hydrogen-bond donors (Lipinski definition) is 1. The van der Waals surface area contributed by atoms with Crippen LogP contribution in [-0.2, 0) is 0 Å². The Hall–Kier alpha value is -2.06. The molecule has 2 nitrogen and oxygen atoms in total. The Kier molecular flexibility index (Phi) is 2.65. The zero-order valence-electron chi connectivity index (χ0n) is 9.47. The Labute approximate surface area is 109 Å². The Morgan fingerprint density at radius 2 is 1.78 bits per heavy atom. The summed E-state index contributed by atoms with van der Waals surface area (Å²) in [4.78, 5) is 0. The summed E-state index contributed by atoms with van der Waals surface area (Å²) in [6.07, 6.45) is 1.44. The summed E-state index contributed by atoms with van der Waals surface area (Å²) >= 11 is 6.26. The summed E-state index contributed by atoms with van der Waals surface area (Å²) in [7, 11) is 0. The van der Waals surface area contributed by atoms with Gasteiger partial charge in [0.2, 0.25) is 0 Å². The molecule has 0 unspecified atom stereocenters. The first kappa shape index (κ1) is 11.1. The van der Waals surface area contributed by atoms with Gasteiger partial charge in [-0.1, -0.05) is 53.2 Å². The van der Waals surface area contributed by atoms with Crippen LogP contribution in [0.15, 0.2) is 53.7 Å². The molecule has 0 aliphatic carbocycles. The molecule has 3 heteroatoms. The lowest BCUT2D eigenvalue weighted by Gasteiger charge is -2.08. The predicted octanol–water partition coefficient (Wildman–Crippen LogP) is 4.45. The molecule has 1 N–H and O–H groups in total. The third-order valence-corrected chi connectivity index (χ3v) is 3.38. The molecule has 88 valence electrons. The SMILES string of the molecule is ON=Cc1c2ccccc2cc2cccc(Cl)c12. The van der Waals surface area contributed by atoms with Crippen molar-refractivity contribution in [2.24, 2.45) is 5.16 Å². The number of fused-ring (bicyclic) bond motifs is 2. The number of nitrogens with zero attached hydrogens (tertiary/aromatic N) is 1. The van der Waals surface area contributed by atoms with Crippen LogP contribution in [0.4, 0.5) is 0 Å². The van der Waals surface area contributed by atoms with Crippen LogP contribution in [0.25, 0.3) is 21.5 Å². The molecular formula is C15H10ClNO. The highest BCUT2D eigenvalue weighted by Crippen LogP contribution is 2.32. The molecule has 0 aromatic heterocycles. The van der Waals surface area contributed by atoms with E-state index in [1.54, 1.807) is 0 Å². The second kappa shape index (κ2) is 4.31. The van der Waals surface area contributed by atoms with Crippen molar-refractivity contribution >= 4 is 39.4 Å². The van der Waals surface area contributed by atoms with Crippen molar-refractivity contribution in [1.29, 1.82) is 0 Å². The van der Waals surface area contributed by atoms with E-state index in [1.165, 1.54) is 6.21 Å². The molecule has 0 saturated heterocycles. The van der Waals surface area contributed by atoms with Gasteiger partial charge in [-0.15, -0.1) is 0 Å². The highest BCUT2D eigenvalue weighted by molar-refractivity contribution is 6.37. The Morgan fingerprint density at radius 3 is 2.61 bits per heavy atom. The smallest absolute Gasteiger partial charge is 0.0746 e. The quantitative estimate of drug-likeness (QED) is 0.296. The first-order chi connectivity index (χ1) is 8.81. The van der Waals surface area contributed by atoms with Gasteiger partial charge in [-0.3, -0.25) is 0 Å². The first-order valence-electron chi connectivity index (χ1n) is 5.58. The van der Waals surface area contributed by atoms with Gasteiger partial charge >= 0.3 is 0 Å². The van der Waals surface area contributed by atoms with Crippen molar-refractivity contribution in [3.63, 3.8) is 0 Å². The number of halogens is 1. The van der Waals surface area contributed by atoms with Gasteiger partial charge in [0, 0.05) is 16.0 Å². The maximum absolute atomic E-state index is 8.86. The van der Waals surface area contributed by atoms with Gasteiger partial charge in [-0.25, -0.2) is 0 Å². The minimum absolute atomic E-state index is 0.660. The van der Waals surface area contributed by atoms with Gasteiger partial charge < -0.3 is 5.21 Å². The van der Waals surface area contributed by atoms with Crippen LogP contribution < -0.4 is 0 Å². The fourth-order valence-corrected chi connectivity index (χ4v) is 2.59. The van der Waals surface area contributed by atoms with Crippen LogP contribution >= 0.6 is 11.6 Å². The molecule has 0 atom stereocenters. The van der Waals surface area contributed by atoms with Crippen molar-refractivity contribution in [1.82, 2.24) is 0 Å². The van der Waals surface area contributed by atoms with E-state index in [-0.39, 0.29) is 0 Å². The molecule has 0 amide bonds. The Balaban J connectivity index is 2.60. The minimum Gasteiger partial charge on any atom is -0.411 e. The monoisotopic (exact) mass is 255 g/mol. The average Bonchev–Trinajstić information content (AvgIpc) is 2.39.